The molecular formula is C12H20N2O4S. The van der Waals surface area contributed by atoms with Crippen LogP contribution in [0.1, 0.15) is 32.4 Å². The minimum absolute atomic E-state index is 0.0359. The van der Waals surface area contributed by atoms with E-state index in [0.717, 1.165) is 0 Å². The molecule has 0 aliphatic carbocycles. The van der Waals surface area contributed by atoms with E-state index in [1.54, 1.807) is 32.2 Å². The van der Waals surface area contributed by atoms with Gasteiger partial charge in [-0.25, -0.2) is 4.79 Å². The van der Waals surface area contributed by atoms with E-state index >= 15 is 0 Å². The van der Waals surface area contributed by atoms with Gasteiger partial charge in [0, 0.05) is 6.54 Å². The first-order valence-electron chi connectivity index (χ1n) is 5.87. The van der Waals surface area contributed by atoms with Crippen LogP contribution in [0, 0.1) is 0 Å². The highest BCUT2D eigenvalue weighted by Crippen LogP contribution is 2.27. The maximum Gasteiger partial charge on any atom is 0.412 e. The summed E-state index contributed by atoms with van der Waals surface area (Å²) in [6, 6.07) is 1.58. The highest BCUT2D eigenvalue weighted by molar-refractivity contribution is 7.14. The summed E-state index contributed by atoms with van der Waals surface area (Å²) < 4.78 is 5.10. The second kappa shape index (κ2) is 6.33. The number of hydrogen-bond acceptors (Lipinski definition) is 6. The molecule has 7 heteroatoms. The van der Waals surface area contributed by atoms with Gasteiger partial charge in [-0.3, -0.25) is 5.32 Å². The Morgan fingerprint density at radius 3 is 2.68 bits per heavy atom. The summed E-state index contributed by atoms with van der Waals surface area (Å²) >= 11 is 1.24. The van der Waals surface area contributed by atoms with Crippen LogP contribution in [-0.2, 0) is 4.74 Å². The first-order chi connectivity index (χ1) is 8.73. The molecule has 1 amide bonds. The molecule has 0 spiro atoms. The Kier molecular flexibility index (Phi) is 5.30. The molecule has 0 radical (unpaired) electrons. The van der Waals surface area contributed by atoms with Crippen molar-refractivity contribution in [2.75, 3.05) is 11.9 Å². The summed E-state index contributed by atoms with van der Waals surface area (Å²) in [6.45, 7) is 5.28. The zero-order chi connectivity index (χ0) is 14.6. The van der Waals surface area contributed by atoms with Crippen LogP contribution in [0.25, 0.3) is 0 Å². The van der Waals surface area contributed by atoms with E-state index in [9.17, 15) is 15.0 Å². The lowest BCUT2D eigenvalue weighted by Gasteiger charge is -2.19. The van der Waals surface area contributed by atoms with Gasteiger partial charge in [0.25, 0.3) is 0 Å². The van der Waals surface area contributed by atoms with E-state index < -0.39 is 23.9 Å². The summed E-state index contributed by atoms with van der Waals surface area (Å²) in [4.78, 5) is 11.5. The SMILES string of the molecule is CC(C)(C)OC(=O)Nc1cc(C(O)C(O)CN)cs1. The summed E-state index contributed by atoms with van der Waals surface area (Å²) in [6.07, 6.45) is -2.64. The molecule has 0 aliphatic heterocycles. The Morgan fingerprint density at radius 1 is 1.53 bits per heavy atom. The normalized spacial score (nSPS) is 14.8. The molecule has 2 unspecified atom stereocenters. The molecule has 2 atom stereocenters. The molecule has 1 aromatic rings. The zero-order valence-electron chi connectivity index (χ0n) is 11.2. The number of carbonyl (C=O) groups is 1. The van der Waals surface area contributed by atoms with Crippen LogP contribution in [-0.4, -0.2) is 34.6 Å². The molecule has 0 fully saturated rings. The van der Waals surface area contributed by atoms with Crippen LogP contribution in [0.2, 0.25) is 0 Å². The largest absolute Gasteiger partial charge is 0.444 e. The number of hydrogen-bond donors (Lipinski definition) is 4. The number of ether oxygens (including phenoxy) is 1. The van der Waals surface area contributed by atoms with Gasteiger partial charge in [-0.05, 0) is 37.8 Å². The van der Waals surface area contributed by atoms with Crippen molar-refractivity contribution >= 4 is 22.4 Å². The Bertz CT molecular complexity index is 428. The second-order valence-electron chi connectivity index (χ2n) is 5.12. The molecular weight excluding hydrogens is 268 g/mol. The van der Waals surface area contributed by atoms with Crippen LogP contribution >= 0.6 is 11.3 Å². The summed E-state index contributed by atoms with van der Waals surface area (Å²) in [5.74, 6) is 0. The van der Waals surface area contributed by atoms with E-state index in [1.807, 2.05) is 0 Å². The molecule has 0 bridgehead atoms. The topological polar surface area (TPSA) is 105 Å². The van der Waals surface area contributed by atoms with Crippen molar-refractivity contribution in [3.63, 3.8) is 0 Å². The summed E-state index contributed by atoms with van der Waals surface area (Å²) in [5, 5.41) is 23.9. The van der Waals surface area contributed by atoms with Crippen LogP contribution in [0.5, 0.6) is 0 Å². The van der Waals surface area contributed by atoms with E-state index in [0.29, 0.717) is 10.6 Å². The molecule has 19 heavy (non-hydrogen) atoms. The van der Waals surface area contributed by atoms with Crippen molar-refractivity contribution < 1.29 is 19.7 Å². The van der Waals surface area contributed by atoms with Crippen LogP contribution < -0.4 is 11.1 Å². The van der Waals surface area contributed by atoms with Gasteiger partial charge in [-0.1, -0.05) is 0 Å². The molecule has 5 N–H and O–H groups in total. The Hall–Kier alpha value is -1.15. The molecule has 1 rings (SSSR count). The number of nitrogens with two attached hydrogens (primary N) is 1. The lowest BCUT2D eigenvalue weighted by Crippen LogP contribution is -2.27. The van der Waals surface area contributed by atoms with Crippen molar-refractivity contribution in [1.82, 2.24) is 0 Å². The third kappa shape index (κ3) is 5.15. The molecule has 0 saturated heterocycles. The molecule has 1 aromatic heterocycles. The number of amides is 1. The second-order valence-corrected chi connectivity index (χ2v) is 6.03. The van der Waals surface area contributed by atoms with Gasteiger partial charge in [0.05, 0.1) is 11.1 Å². The minimum Gasteiger partial charge on any atom is -0.444 e. The number of thiophene rings is 1. The van der Waals surface area contributed by atoms with Crippen molar-refractivity contribution in [2.24, 2.45) is 5.73 Å². The van der Waals surface area contributed by atoms with Gasteiger partial charge in [-0.15, -0.1) is 11.3 Å². The first-order valence-corrected chi connectivity index (χ1v) is 6.75. The number of aliphatic hydroxyl groups is 2. The first kappa shape index (κ1) is 15.9. The fourth-order valence-electron chi connectivity index (χ4n) is 1.33. The average molecular weight is 288 g/mol. The predicted octanol–water partition coefficient (Wildman–Crippen LogP) is 1.45. The molecule has 108 valence electrons. The van der Waals surface area contributed by atoms with Gasteiger partial charge in [0.15, 0.2) is 0 Å². The number of anilines is 1. The minimum atomic E-state index is -1.06. The predicted molar refractivity (Wildman–Crippen MR) is 74.2 cm³/mol. The van der Waals surface area contributed by atoms with Crippen molar-refractivity contribution in [3.05, 3.63) is 17.0 Å². The Balaban J connectivity index is 2.63. The third-order valence-electron chi connectivity index (χ3n) is 2.19. The standard InChI is InChI=1S/C12H20N2O4S/c1-12(2,3)18-11(17)14-9-4-7(6-19-9)10(16)8(15)5-13/h4,6,8,10,15-16H,5,13H2,1-3H3,(H,14,17). The van der Waals surface area contributed by atoms with Crippen molar-refractivity contribution in [3.8, 4) is 0 Å². The van der Waals surface area contributed by atoms with E-state index in [2.05, 4.69) is 5.32 Å². The third-order valence-corrected chi connectivity index (χ3v) is 3.06. The van der Waals surface area contributed by atoms with Gasteiger partial charge in [0.1, 0.15) is 11.7 Å². The number of nitrogens with one attached hydrogen (secondary N) is 1. The van der Waals surface area contributed by atoms with Crippen molar-refractivity contribution in [1.29, 1.82) is 0 Å². The van der Waals surface area contributed by atoms with Gasteiger partial charge >= 0.3 is 6.09 Å². The maximum absolute atomic E-state index is 11.5. The summed E-state index contributed by atoms with van der Waals surface area (Å²) in [7, 11) is 0. The molecule has 1 heterocycles. The van der Waals surface area contributed by atoms with Crippen LogP contribution in [0.3, 0.4) is 0 Å². The van der Waals surface area contributed by atoms with E-state index in [-0.39, 0.29) is 6.54 Å². The quantitative estimate of drug-likeness (QED) is 0.671. The summed E-state index contributed by atoms with van der Waals surface area (Å²) in [5.41, 5.74) is 5.21. The van der Waals surface area contributed by atoms with Crippen LogP contribution in [0.4, 0.5) is 9.80 Å². The zero-order valence-corrected chi connectivity index (χ0v) is 12.0. The van der Waals surface area contributed by atoms with Gasteiger partial charge in [0.2, 0.25) is 0 Å². The van der Waals surface area contributed by atoms with E-state index in [4.69, 9.17) is 10.5 Å². The molecule has 0 aromatic carbocycles. The fraction of sp³-hybridized carbons (Fsp3) is 0.583. The number of aliphatic hydroxyl groups excluding tert-OH is 2. The molecule has 0 aliphatic rings. The molecule has 6 nitrogen and oxygen atoms in total. The lowest BCUT2D eigenvalue weighted by atomic mass is 10.1. The van der Waals surface area contributed by atoms with Crippen LogP contribution in [0.15, 0.2) is 11.4 Å². The smallest absolute Gasteiger partial charge is 0.412 e. The van der Waals surface area contributed by atoms with Gasteiger partial charge < -0.3 is 20.7 Å². The highest BCUT2D eigenvalue weighted by atomic mass is 32.1. The highest BCUT2D eigenvalue weighted by Gasteiger charge is 2.20. The average Bonchev–Trinajstić information content (AvgIpc) is 2.72. The fourth-order valence-corrected chi connectivity index (χ4v) is 2.14. The Labute approximate surface area is 116 Å². The number of rotatable bonds is 4. The van der Waals surface area contributed by atoms with Crippen molar-refractivity contribution in [2.45, 2.75) is 38.6 Å². The number of carbonyl (C=O) groups excluding carboxylic acids is 1. The maximum atomic E-state index is 11.5. The monoisotopic (exact) mass is 288 g/mol. The lowest BCUT2D eigenvalue weighted by molar-refractivity contribution is 0.0246. The Morgan fingerprint density at radius 2 is 2.16 bits per heavy atom. The van der Waals surface area contributed by atoms with E-state index in [1.165, 1.54) is 11.3 Å². The van der Waals surface area contributed by atoms with Gasteiger partial charge in [-0.2, -0.15) is 0 Å². The molecule has 0 saturated carbocycles.